The van der Waals surface area contributed by atoms with Crippen LogP contribution in [0.15, 0.2) is 36.9 Å². The average molecular weight is 246 g/mol. The van der Waals surface area contributed by atoms with Crippen molar-refractivity contribution in [3.05, 3.63) is 48.0 Å². The summed E-state index contributed by atoms with van der Waals surface area (Å²) in [6.07, 6.45) is 2.96. The number of hydrogen-bond acceptors (Lipinski definition) is 3. The third-order valence-electron chi connectivity index (χ3n) is 3.45. The highest BCUT2D eigenvalue weighted by molar-refractivity contribution is 5.29. The SMILES string of the molecule is C=CCN(CCO)CC1Cc2ccccc2CN1. The minimum atomic E-state index is 0.206. The second-order valence-corrected chi connectivity index (χ2v) is 4.82. The first-order valence-electron chi connectivity index (χ1n) is 6.57. The van der Waals surface area contributed by atoms with Crippen LogP contribution in [0.5, 0.6) is 0 Å². The zero-order valence-electron chi connectivity index (χ0n) is 10.8. The molecule has 0 spiro atoms. The summed E-state index contributed by atoms with van der Waals surface area (Å²) < 4.78 is 0. The van der Waals surface area contributed by atoms with Gasteiger partial charge in [0, 0.05) is 32.2 Å². The lowest BCUT2D eigenvalue weighted by Crippen LogP contribution is -2.45. The van der Waals surface area contributed by atoms with Crippen molar-refractivity contribution in [3.8, 4) is 0 Å². The smallest absolute Gasteiger partial charge is 0.0558 e. The quantitative estimate of drug-likeness (QED) is 0.740. The third-order valence-corrected chi connectivity index (χ3v) is 3.45. The van der Waals surface area contributed by atoms with Gasteiger partial charge < -0.3 is 10.4 Å². The minimum absolute atomic E-state index is 0.206. The van der Waals surface area contributed by atoms with Crippen molar-refractivity contribution in [1.82, 2.24) is 10.2 Å². The van der Waals surface area contributed by atoms with Crippen molar-refractivity contribution in [2.24, 2.45) is 0 Å². The van der Waals surface area contributed by atoms with E-state index >= 15 is 0 Å². The number of aliphatic hydroxyl groups is 1. The Balaban J connectivity index is 1.93. The van der Waals surface area contributed by atoms with Gasteiger partial charge in [-0.25, -0.2) is 0 Å². The van der Waals surface area contributed by atoms with Gasteiger partial charge in [-0.2, -0.15) is 0 Å². The van der Waals surface area contributed by atoms with Crippen LogP contribution in [0, 0.1) is 0 Å². The summed E-state index contributed by atoms with van der Waals surface area (Å²) in [5.41, 5.74) is 2.86. The van der Waals surface area contributed by atoms with Gasteiger partial charge in [-0.15, -0.1) is 6.58 Å². The molecule has 2 rings (SSSR count). The van der Waals surface area contributed by atoms with Gasteiger partial charge in [0.25, 0.3) is 0 Å². The van der Waals surface area contributed by atoms with E-state index in [1.54, 1.807) is 0 Å². The maximum atomic E-state index is 9.05. The fraction of sp³-hybridized carbons (Fsp3) is 0.467. The number of hydrogen-bond donors (Lipinski definition) is 2. The van der Waals surface area contributed by atoms with Gasteiger partial charge in [0.1, 0.15) is 0 Å². The Hall–Kier alpha value is -1.16. The number of benzene rings is 1. The Morgan fingerprint density at radius 2 is 2.17 bits per heavy atom. The molecule has 1 aliphatic heterocycles. The summed E-state index contributed by atoms with van der Waals surface area (Å²) in [4.78, 5) is 2.23. The number of nitrogens with zero attached hydrogens (tertiary/aromatic N) is 1. The number of rotatable bonds is 6. The van der Waals surface area contributed by atoms with Crippen molar-refractivity contribution < 1.29 is 5.11 Å². The molecule has 1 aliphatic rings. The van der Waals surface area contributed by atoms with Gasteiger partial charge in [-0.05, 0) is 17.5 Å². The molecule has 1 unspecified atom stereocenters. The normalized spacial score (nSPS) is 18.7. The first-order valence-corrected chi connectivity index (χ1v) is 6.57. The maximum absolute atomic E-state index is 9.05. The molecule has 0 bridgehead atoms. The number of aliphatic hydroxyl groups excluding tert-OH is 1. The predicted octanol–water partition coefficient (Wildman–Crippen LogP) is 1.18. The van der Waals surface area contributed by atoms with Crippen LogP contribution in [0.4, 0.5) is 0 Å². The molecule has 0 radical (unpaired) electrons. The van der Waals surface area contributed by atoms with Crippen molar-refractivity contribution in [2.45, 2.75) is 19.0 Å². The zero-order valence-corrected chi connectivity index (χ0v) is 10.8. The minimum Gasteiger partial charge on any atom is -0.395 e. The van der Waals surface area contributed by atoms with Crippen LogP contribution >= 0.6 is 0 Å². The fourth-order valence-corrected chi connectivity index (χ4v) is 2.54. The fourth-order valence-electron chi connectivity index (χ4n) is 2.54. The number of fused-ring (bicyclic) bond motifs is 1. The van der Waals surface area contributed by atoms with Crippen molar-refractivity contribution in [2.75, 3.05) is 26.2 Å². The van der Waals surface area contributed by atoms with Gasteiger partial charge in [0.15, 0.2) is 0 Å². The summed E-state index contributed by atoms with van der Waals surface area (Å²) in [7, 11) is 0. The summed E-state index contributed by atoms with van der Waals surface area (Å²) in [5, 5.41) is 12.6. The molecule has 1 aromatic rings. The van der Waals surface area contributed by atoms with Crippen LogP contribution in [0.2, 0.25) is 0 Å². The Kier molecular flexibility index (Phi) is 4.93. The first kappa shape index (κ1) is 13.3. The first-order chi connectivity index (χ1) is 8.83. The third kappa shape index (κ3) is 3.42. The molecular formula is C15H22N2O. The van der Waals surface area contributed by atoms with Crippen molar-refractivity contribution in [3.63, 3.8) is 0 Å². The summed E-state index contributed by atoms with van der Waals surface area (Å²) in [6, 6.07) is 9.07. The molecule has 3 nitrogen and oxygen atoms in total. The van der Waals surface area contributed by atoms with Crippen molar-refractivity contribution >= 4 is 0 Å². The molecule has 2 N–H and O–H groups in total. The lowest BCUT2D eigenvalue weighted by Gasteiger charge is -2.30. The lowest BCUT2D eigenvalue weighted by atomic mass is 9.95. The van der Waals surface area contributed by atoms with Gasteiger partial charge in [0.2, 0.25) is 0 Å². The van der Waals surface area contributed by atoms with Gasteiger partial charge in [-0.1, -0.05) is 30.3 Å². The second-order valence-electron chi connectivity index (χ2n) is 4.82. The van der Waals surface area contributed by atoms with E-state index in [0.717, 1.165) is 26.1 Å². The lowest BCUT2D eigenvalue weighted by molar-refractivity contribution is 0.192. The van der Waals surface area contributed by atoms with E-state index in [-0.39, 0.29) is 6.61 Å². The second kappa shape index (κ2) is 6.69. The summed E-state index contributed by atoms with van der Waals surface area (Å²) in [5.74, 6) is 0. The highest BCUT2D eigenvalue weighted by Gasteiger charge is 2.19. The van der Waals surface area contributed by atoms with Crippen LogP contribution < -0.4 is 5.32 Å². The van der Waals surface area contributed by atoms with Crippen LogP contribution in [-0.2, 0) is 13.0 Å². The highest BCUT2D eigenvalue weighted by Crippen LogP contribution is 2.16. The topological polar surface area (TPSA) is 35.5 Å². The molecule has 1 heterocycles. The monoisotopic (exact) mass is 246 g/mol. The summed E-state index contributed by atoms with van der Waals surface area (Å²) >= 11 is 0. The molecule has 0 aromatic heterocycles. The largest absolute Gasteiger partial charge is 0.395 e. The maximum Gasteiger partial charge on any atom is 0.0558 e. The van der Waals surface area contributed by atoms with E-state index in [1.165, 1.54) is 11.1 Å². The molecule has 0 saturated heterocycles. The Morgan fingerprint density at radius 1 is 1.39 bits per heavy atom. The van der Waals surface area contributed by atoms with E-state index < -0.39 is 0 Å². The standard InChI is InChI=1S/C15H22N2O/c1-2-7-17(8-9-18)12-15-10-13-5-3-4-6-14(13)11-16-15/h2-6,15-16,18H,1,7-12H2. The predicted molar refractivity (Wildman–Crippen MR) is 74.5 cm³/mol. The van der Waals surface area contributed by atoms with Gasteiger partial charge in [-0.3, -0.25) is 4.90 Å². The highest BCUT2D eigenvalue weighted by atomic mass is 16.3. The Bertz CT molecular complexity index is 392. The van der Waals surface area contributed by atoms with E-state index in [9.17, 15) is 0 Å². The molecular weight excluding hydrogens is 224 g/mol. The molecule has 0 aliphatic carbocycles. The molecule has 18 heavy (non-hydrogen) atoms. The Labute approximate surface area is 109 Å². The van der Waals surface area contributed by atoms with Crippen molar-refractivity contribution in [1.29, 1.82) is 0 Å². The number of nitrogens with one attached hydrogen (secondary N) is 1. The molecule has 0 saturated carbocycles. The van der Waals surface area contributed by atoms with Crippen LogP contribution in [0.1, 0.15) is 11.1 Å². The molecule has 3 heteroatoms. The molecule has 98 valence electrons. The van der Waals surface area contributed by atoms with Crippen LogP contribution in [0.25, 0.3) is 0 Å². The van der Waals surface area contributed by atoms with Gasteiger partial charge in [0.05, 0.1) is 6.61 Å². The molecule has 1 aromatic carbocycles. The van der Waals surface area contributed by atoms with E-state index in [1.807, 2.05) is 6.08 Å². The van der Waals surface area contributed by atoms with Crippen LogP contribution in [0.3, 0.4) is 0 Å². The van der Waals surface area contributed by atoms with E-state index in [2.05, 4.69) is 41.1 Å². The summed E-state index contributed by atoms with van der Waals surface area (Å²) in [6.45, 7) is 7.43. The molecule has 0 fully saturated rings. The van der Waals surface area contributed by atoms with E-state index in [4.69, 9.17) is 5.11 Å². The van der Waals surface area contributed by atoms with E-state index in [0.29, 0.717) is 12.6 Å². The molecule has 0 amide bonds. The zero-order chi connectivity index (χ0) is 12.8. The Morgan fingerprint density at radius 3 is 2.89 bits per heavy atom. The van der Waals surface area contributed by atoms with Crippen LogP contribution in [-0.4, -0.2) is 42.3 Å². The average Bonchev–Trinajstić information content (AvgIpc) is 2.39. The molecule has 1 atom stereocenters. The van der Waals surface area contributed by atoms with Gasteiger partial charge >= 0.3 is 0 Å².